The lowest BCUT2D eigenvalue weighted by Gasteiger charge is -2.10. The molecule has 0 unspecified atom stereocenters. The lowest BCUT2D eigenvalue weighted by atomic mass is 10.2. The quantitative estimate of drug-likeness (QED) is 0.528. The number of hydrogen-bond donors (Lipinski definition) is 2. The Morgan fingerprint density at radius 1 is 1.00 bits per heavy atom. The van der Waals surface area contributed by atoms with Crippen LogP contribution in [0.25, 0.3) is 0 Å². The van der Waals surface area contributed by atoms with Gasteiger partial charge in [0.25, 0.3) is 0 Å². The minimum absolute atomic E-state index is 0.258. The van der Waals surface area contributed by atoms with Crippen LogP contribution in [-0.4, -0.2) is 23.3 Å². The first kappa shape index (κ1) is 16.3. The predicted octanol–water partition coefficient (Wildman–Crippen LogP) is 3.58. The number of nitrogens with one attached hydrogen (secondary N) is 1. The van der Waals surface area contributed by atoms with Crippen molar-refractivity contribution in [1.29, 1.82) is 0 Å². The number of oxime groups is 1. The van der Waals surface area contributed by atoms with E-state index in [2.05, 4.69) is 25.3 Å². The number of benzene rings is 2. The Labute approximate surface area is 145 Å². The number of anilines is 3. The van der Waals surface area contributed by atoms with Crippen molar-refractivity contribution >= 4 is 23.4 Å². The Balaban J connectivity index is 1.76. The van der Waals surface area contributed by atoms with Crippen molar-refractivity contribution in [3.8, 4) is 11.6 Å². The molecule has 7 heteroatoms. The molecule has 1 heterocycles. The normalized spacial score (nSPS) is 10.6. The molecule has 0 amide bonds. The third-order valence-corrected chi connectivity index (χ3v) is 3.30. The van der Waals surface area contributed by atoms with Crippen LogP contribution in [0.1, 0.15) is 5.56 Å². The Morgan fingerprint density at radius 2 is 1.72 bits per heavy atom. The van der Waals surface area contributed by atoms with Crippen molar-refractivity contribution in [2.75, 3.05) is 18.2 Å². The molecule has 3 N–H and O–H groups in total. The van der Waals surface area contributed by atoms with Crippen LogP contribution in [0.5, 0.6) is 11.6 Å². The third kappa shape index (κ3) is 4.23. The molecular formula is C18H17N5O2. The number of nitrogens with two attached hydrogens (primary N) is 1. The molecule has 1 aromatic heterocycles. The number of nitrogens with zero attached hydrogens (tertiary/aromatic N) is 3. The summed E-state index contributed by atoms with van der Waals surface area (Å²) in [5, 5.41) is 7.00. The lowest BCUT2D eigenvalue weighted by molar-refractivity contribution is 0.215. The van der Waals surface area contributed by atoms with Crippen molar-refractivity contribution in [3.05, 3.63) is 66.5 Å². The van der Waals surface area contributed by atoms with Crippen LogP contribution >= 0.6 is 0 Å². The fourth-order valence-corrected chi connectivity index (χ4v) is 2.11. The third-order valence-electron chi connectivity index (χ3n) is 3.30. The van der Waals surface area contributed by atoms with Gasteiger partial charge in [0.1, 0.15) is 30.6 Å². The van der Waals surface area contributed by atoms with Crippen LogP contribution in [0.2, 0.25) is 0 Å². The average molecular weight is 335 g/mol. The van der Waals surface area contributed by atoms with Crippen LogP contribution in [0.4, 0.5) is 17.2 Å². The first-order valence-corrected chi connectivity index (χ1v) is 7.53. The molecular weight excluding hydrogens is 318 g/mol. The first-order valence-electron chi connectivity index (χ1n) is 7.53. The summed E-state index contributed by atoms with van der Waals surface area (Å²) in [6, 6.07) is 17.4. The van der Waals surface area contributed by atoms with Gasteiger partial charge < -0.3 is 20.6 Å². The van der Waals surface area contributed by atoms with E-state index in [1.54, 1.807) is 0 Å². The van der Waals surface area contributed by atoms with Gasteiger partial charge in [-0.3, -0.25) is 0 Å². The largest absolute Gasteiger partial charge is 0.438 e. The van der Waals surface area contributed by atoms with Gasteiger partial charge in [-0.15, -0.1) is 0 Å². The van der Waals surface area contributed by atoms with E-state index in [4.69, 9.17) is 10.5 Å². The summed E-state index contributed by atoms with van der Waals surface area (Å²) in [7, 11) is 1.44. The molecule has 2 aromatic carbocycles. The summed E-state index contributed by atoms with van der Waals surface area (Å²) in [5.41, 5.74) is 8.25. The van der Waals surface area contributed by atoms with Gasteiger partial charge in [0.2, 0.25) is 5.88 Å². The van der Waals surface area contributed by atoms with E-state index in [9.17, 15) is 0 Å². The van der Waals surface area contributed by atoms with Gasteiger partial charge in [-0.25, -0.2) is 9.97 Å². The van der Waals surface area contributed by atoms with Gasteiger partial charge in [0, 0.05) is 11.4 Å². The Bertz CT molecular complexity index is 851. The molecule has 0 aliphatic heterocycles. The van der Waals surface area contributed by atoms with E-state index < -0.39 is 0 Å². The zero-order valence-corrected chi connectivity index (χ0v) is 13.6. The van der Waals surface area contributed by atoms with Gasteiger partial charge in [-0.2, -0.15) is 0 Å². The second-order valence-electron chi connectivity index (χ2n) is 5.01. The summed E-state index contributed by atoms with van der Waals surface area (Å²) < 4.78 is 5.79. The zero-order valence-electron chi connectivity index (χ0n) is 13.6. The number of rotatable bonds is 6. The molecule has 3 aromatic rings. The Kier molecular flexibility index (Phi) is 5.06. The summed E-state index contributed by atoms with van der Waals surface area (Å²) in [5.74, 6) is 1.18. The monoisotopic (exact) mass is 335 g/mol. The van der Waals surface area contributed by atoms with Gasteiger partial charge in [0.05, 0.1) is 6.21 Å². The molecule has 0 saturated carbocycles. The SMILES string of the molecule is CON=Cc1c(N)ncnc1Oc1ccc(Nc2ccccc2)cc1. The Hall–Kier alpha value is -3.61. The second-order valence-corrected chi connectivity index (χ2v) is 5.01. The number of para-hydroxylation sites is 1. The van der Waals surface area contributed by atoms with Crippen LogP contribution in [0.15, 0.2) is 66.1 Å². The zero-order chi connectivity index (χ0) is 17.5. The highest BCUT2D eigenvalue weighted by Crippen LogP contribution is 2.26. The van der Waals surface area contributed by atoms with E-state index in [0.717, 1.165) is 11.4 Å². The fourth-order valence-electron chi connectivity index (χ4n) is 2.11. The standard InChI is InChI=1S/C18H17N5O2/c1-24-22-11-16-17(19)20-12-21-18(16)25-15-9-7-14(8-10-15)23-13-5-3-2-4-6-13/h2-12,23H,1H3,(H2,19,20,21). The van der Waals surface area contributed by atoms with E-state index in [1.807, 2.05) is 54.6 Å². The number of aromatic nitrogens is 2. The van der Waals surface area contributed by atoms with E-state index >= 15 is 0 Å². The number of ether oxygens (including phenoxy) is 1. The minimum Gasteiger partial charge on any atom is -0.438 e. The Morgan fingerprint density at radius 3 is 2.44 bits per heavy atom. The van der Waals surface area contributed by atoms with Crippen LogP contribution < -0.4 is 15.8 Å². The highest BCUT2D eigenvalue weighted by molar-refractivity contribution is 5.88. The van der Waals surface area contributed by atoms with Crippen LogP contribution in [0, 0.1) is 0 Å². The molecule has 0 aliphatic rings. The van der Waals surface area contributed by atoms with E-state index in [-0.39, 0.29) is 5.82 Å². The van der Waals surface area contributed by atoms with Crippen molar-refractivity contribution in [2.24, 2.45) is 5.16 Å². The summed E-state index contributed by atoms with van der Waals surface area (Å²) in [4.78, 5) is 12.7. The van der Waals surface area contributed by atoms with Gasteiger partial charge >= 0.3 is 0 Å². The molecule has 7 nitrogen and oxygen atoms in total. The van der Waals surface area contributed by atoms with Crippen molar-refractivity contribution in [2.45, 2.75) is 0 Å². The van der Waals surface area contributed by atoms with E-state index in [0.29, 0.717) is 17.2 Å². The highest BCUT2D eigenvalue weighted by atomic mass is 16.6. The molecule has 25 heavy (non-hydrogen) atoms. The summed E-state index contributed by atoms with van der Waals surface area (Å²) >= 11 is 0. The molecule has 126 valence electrons. The molecule has 0 atom stereocenters. The number of hydrogen-bond acceptors (Lipinski definition) is 7. The maximum Gasteiger partial charge on any atom is 0.233 e. The predicted molar refractivity (Wildman–Crippen MR) is 97.3 cm³/mol. The molecule has 0 radical (unpaired) electrons. The maximum absolute atomic E-state index is 5.84. The molecule has 3 rings (SSSR count). The second kappa shape index (κ2) is 7.78. The first-order chi connectivity index (χ1) is 12.3. The highest BCUT2D eigenvalue weighted by Gasteiger charge is 2.10. The molecule has 0 spiro atoms. The van der Waals surface area contributed by atoms with Gasteiger partial charge in [-0.05, 0) is 36.4 Å². The van der Waals surface area contributed by atoms with Gasteiger partial charge in [-0.1, -0.05) is 23.4 Å². The minimum atomic E-state index is 0.258. The van der Waals surface area contributed by atoms with E-state index in [1.165, 1.54) is 19.7 Å². The fraction of sp³-hybridized carbons (Fsp3) is 0.0556. The summed E-state index contributed by atoms with van der Waals surface area (Å²) in [6.07, 6.45) is 2.75. The maximum atomic E-state index is 5.84. The smallest absolute Gasteiger partial charge is 0.233 e. The van der Waals surface area contributed by atoms with Crippen molar-refractivity contribution in [1.82, 2.24) is 9.97 Å². The summed E-state index contributed by atoms with van der Waals surface area (Å²) in [6.45, 7) is 0. The molecule has 0 fully saturated rings. The topological polar surface area (TPSA) is 94.7 Å². The lowest BCUT2D eigenvalue weighted by Crippen LogP contribution is -2.02. The van der Waals surface area contributed by atoms with Crippen LogP contribution in [-0.2, 0) is 4.84 Å². The van der Waals surface area contributed by atoms with Crippen molar-refractivity contribution in [3.63, 3.8) is 0 Å². The van der Waals surface area contributed by atoms with Crippen molar-refractivity contribution < 1.29 is 9.57 Å². The number of nitrogen functional groups attached to an aromatic ring is 1. The van der Waals surface area contributed by atoms with Crippen LogP contribution in [0.3, 0.4) is 0 Å². The molecule has 0 bridgehead atoms. The van der Waals surface area contributed by atoms with Gasteiger partial charge in [0.15, 0.2) is 0 Å². The average Bonchev–Trinajstić information content (AvgIpc) is 2.64. The molecule has 0 saturated heterocycles. The molecule has 0 aliphatic carbocycles.